The molecule has 0 atom stereocenters. The third kappa shape index (κ3) is 14.7. The number of para-hydroxylation sites is 1. The molecule has 1 heterocycles. The van der Waals surface area contributed by atoms with Crippen molar-refractivity contribution in [2.45, 2.75) is 43.9 Å². The number of hydrogen-bond donors (Lipinski definition) is 0. The molecule has 0 spiro atoms. The summed E-state index contributed by atoms with van der Waals surface area (Å²) in [6.07, 6.45) is 0. The molecular formula is C133H97N3O. The van der Waals surface area contributed by atoms with Crippen LogP contribution in [0.5, 0.6) is 0 Å². The monoisotopic (exact) mass is 1750 g/mol. The summed E-state index contributed by atoms with van der Waals surface area (Å²) in [7, 11) is 0. The van der Waals surface area contributed by atoms with Gasteiger partial charge in [0, 0.05) is 78.9 Å². The molecule has 0 bridgehead atoms. The van der Waals surface area contributed by atoms with Crippen LogP contribution in [0.4, 0.5) is 51.2 Å². The number of nitrogens with zero attached hydrogens (tertiary/aromatic N) is 3. The van der Waals surface area contributed by atoms with Crippen molar-refractivity contribution in [3.8, 4) is 77.9 Å². The maximum absolute atomic E-state index is 6.52. The van der Waals surface area contributed by atoms with Crippen molar-refractivity contribution >= 4 is 105 Å². The Morgan fingerprint density at radius 1 is 0.168 bits per heavy atom. The van der Waals surface area contributed by atoms with E-state index in [1.807, 2.05) is 0 Å². The van der Waals surface area contributed by atoms with Crippen LogP contribution in [0.3, 0.4) is 0 Å². The Morgan fingerprint density at radius 3 is 1.02 bits per heavy atom. The molecular weight excluding hydrogens is 1660 g/mol. The third-order valence-electron chi connectivity index (χ3n) is 28.9. The molecule has 3 aliphatic rings. The van der Waals surface area contributed by atoms with Crippen molar-refractivity contribution in [1.82, 2.24) is 0 Å². The van der Waals surface area contributed by atoms with Crippen molar-refractivity contribution in [3.05, 3.63) is 560 Å². The molecule has 0 saturated heterocycles. The first-order valence-corrected chi connectivity index (χ1v) is 47.6. The zero-order chi connectivity index (χ0) is 91.7. The van der Waals surface area contributed by atoms with Gasteiger partial charge in [-0.05, 0) is 282 Å². The van der Waals surface area contributed by atoms with Gasteiger partial charge in [-0.15, -0.1) is 0 Å². The summed E-state index contributed by atoms with van der Waals surface area (Å²) >= 11 is 0. The summed E-state index contributed by atoms with van der Waals surface area (Å²) in [6, 6.07) is 187. The summed E-state index contributed by atoms with van der Waals surface area (Å²) < 4.78 is 6.52. The lowest BCUT2D eigenvalue weighted by atomic mass is 9.68. The number of anilines is 9. The Kier molecular flexibility index (Phi) is 20.9. The molecule has 23 aromatic rings. The Labute approximate surface area is 800 Å². The molecule has 137 heavy (non-hydrogen) atoms. The molecule has 0 saturated carbocycles. The summed E-state index contributed by atoms with van der Waals surface area (Å²) in [4.78, 5) is 7.10. The van der Waals surface area contributed by atoms with Gasteiger partial charge in [0.25, 0.3) is 0 Å². The molecule has 1 aromatic heterocycles. The van der Waals surface area contributed by atoms with Gasteiger partial charge in [0.15, 0.2) is 0 Å². The molecule has 4 nitrogen and oxygen atoms in total. The minimum atomic E-state index is -0.411. The second-order valence-electron chi connectivity index (χ2n) is 37.4. The van der Waals surface area contributed by atoms with Crippen LogP contribution in [0.15, 0.2) is 520 Å². The van der Waals surface area contributed by atoms with Crippen molar-refractivity contribution in [2.75, 3.05) is 14.7 Å². The van der Waals surface area contributed by atoms with E-state index < -0.39 is 5.41 Å². The molecule has 4 heteroatoms. The predicted molar refractivity (Wildman–Crippen MR) is 577 cm³/mol. The SMILES string of the molecule is CC1(C)c2cc(N(c3ccc(-c4ccccc4)cc3)c3ccc(-c4ccccc4)cc3)ccc2-c2c1ccc1ccccc21.CC1(C)c2ccccc2-c2ccc(N(c3ccc(-c4ccccc4)cc3)c3ccc4c(c3)oc3cc5ccccc5cc34)cc21.c1ccc(N(c2ccc(-c3ccc4ccccc4c3)cc2)c2ccc(C3(c4ccccc4)c4ccccc4-c4ccccc43)cc2)cc1. The van der Waals surface area contributed by atoms with E-state index in [4.69, 9.17) is 4.42 Å². The topological polar surface area (TPSA) is 22.9 Å². The van der Waals surface area contributed by atoms with E-state index in [0.717, 1.165) is 73.1 Å². The minimum absolute atomic E-state index is 0.0878. The van der Waals surface area contributed by atoms with Crippen molar-refractivity contribution < 1.29 is 4.42 Å². The van der Waals surface area contributed by atoms with Crippen molar-refractivity contribution in [1.29, 1.82) is 0 Å². The van der Waals surface area contributed by atoms with Gasteiger partial charge in [-0.25, -0.2) is 0 Å². The Bertz CT molecular complexity index is 8330. The van der Waals surface area contributed by atoms with Crippen LogP contribution >= 0.6 is 0 Å². The Morgan fingerprint density at radius 2 is 0.489 bits per heavy atom. The van der Waals surface area contributed by atoms with E-state index in [1.165, 1.54) is 155 Å². The standard InChI is InChI=1S/C47H33N.C43H31NO.C43H33N/c1-3-15-38(16-4-1)47(45-21-11-9-19-43(45)44-20-10-12-22-46(44)47)39-27-31-42(32-28-39)48(40-17-5-2-6-18-40)41-29-25-35(26-30-41)37-24-23-34-13-7-8-14-36(34)33-37;1-43(2)39-15-9-8-14-35(39)36-22-20-33(26-40(36)43)44(32-18-16-29(17-19-32)28-10-4-3-5-11-28)34-21-23-37-38-24-30-12-6-7-13-31(30)25-41(38)45-42(37)27-34;1-43(2)40-28-21-34-15-9-10-16-38(34)42(40)39-27-26-37(29-41(39)43)44(35-22-17-32(18-23-35)30-11-5-3-6-12-30)36-24-19-33(20-25-36)31-13-7-4-8-14-31/h1-33H;3-27H,1-2H3;3-29H,1-2H3. The van der Waals surface area contributed by atoms with Crippen LogP contribution in [-0.4, -0.2) is 0 Å². The van der Waals surface area contributed by atoms with E-state index in [9.17, 15) is 0 Å². The van der Waals surface area contributed by atoms with Gasteiger partial charge in [0.2, 0.25) is 0 Å². The largest absolute Gasteiger partial charge is 0.456 e. The van der Waals surface area contributed by atoms with E-state index in [1.54, 1.807) is 0 Å². The molecule has 26 rings (SSSR count). The maximum atomic E-state index is 6.52. The van der Waals surface area contributed by atoms with Gasteiger partial charge in [0.05, 0.1) is 5.41 Å². The van der Waals surface area contributed by atoms with Gasteiger partial charge >= 0.3 is 0 Å². The first-order valence-electron chi connectivity index (χ1n) is 47.6. The number of benzene rings is 22. The fourth-order valence-corrected chi connectivity index (χ4v) is 22.0. The number of furan rings is 1. The molecule has 0 fully saturated rings. The van der Waals surface area contributed by atoms with E-state index >= 15 is 0 Å². The van der Waals surface area contributed by atoms with Crippen LogP contribution in [0, 0.1) is 0 Å². The Hall–Kier alpha value is -17.2. The lowest BCUT2D eigenvalue weighted by Gasteiger charge is -2.34. The summed E-state index contributed by atoms with van der Waals surface area (Å²) in [6.45, 7) is 9.41. The highest BCUT2D eigenvalue weighted by molar-refractivity contribution is 6.11. The lowest BCUT2D eigenvalue weighted by Crippen LogP contribution is -2.28. The van der Waals surface area contributed by atoms with E-state index in [2.05, 4.69) is 558 Å². The van der Waals surface area contributed by atoms with Gasteiger partial charge in [-0.2, -0.15) is 0 Å². The zero-order valence-corrected chi connectivity index (χ0v) is 76.8. The zero-order valence-electron chi connectivity index (χ0n) is 76.8. The maximum Gasteiger partial charge on any atom is 0.137 e. The average molecular weight is 1750 g/mol. The van der Waals surface area contributed by atoms with Gasteiger partial charge in [0.1, 0.15) is 11.2 Å². The van der Waals surface area contributed by atoms with Crippen molar-refractivity contribution in [3.63, 3.8) is 0 Å². The highest BCUT2D eigenvalue weighted by atomic mass is 16.3. The lowest BCUT2D eigenvalue weighted by molar-refractivity contribution is 0.660. The van der Waals surface area contributed by atoms with Crippen molar-refractivity contribution in [2.24, 2.45) is 0 Å². The quantitative estimate of drug-likeness (QED) is 0.102. The fraction of sp³-hybridized carbons (Fsp3) is 0.0526. The minimum Gasteiger partial charge on any atom is -0.456 e. The van der Waals surface area contributed by atoms with Gasteiger partial charge in [-0.1, -0.05) is 410 Å². The smallest absolute Gasteiger partial charge is 0.137 e. The molecule has 0 unspecified atom stereocenters. The molecule has 650 valence electrons. The van der Waals surface area contributed by atoms with Gasteiger partial charge < -0.3 is 19.1 Å². The highest BCUT2D eigenvalue weighted by Crippen LogP contribution is 2.59. The van der Waals surface area contributed by atoms with E-state index in [0.29, 0.717) is 0 Å². The summed E-state index contributed by atoms with van der Waals surface area (Å²) in [5, 5.41) is 9.81. The van der Waals surface area contributed by atoms with Crippen LogP contribution < -0.4 is 14.7 Å². The first kappa shape index (κ1) is 82.9. The van der Waals surface area contributed by atoms with Crippen LogP contribution in [0.1, 0.15) is 72.2 Å². The van der Waals surface area contributed by atoms with Gasteiger partial charge in [-0.3, -0.25) is 0 Å². The second kappa shape index (κ2) is 34.4. The number of rotatable bonds is 15. The van der Waals surface area contributed by atoms with Crippen LogP contribution in [-0.2, 0) is 16.2 Å². The first-order chi connectivity index (χ1) is 67.4. The third-order valence-corrected chi connectivity index (χ3v) is 28.9. The van der Waals surface area contributed by atoms with E-state index in [-0.39, 0.29) is 10.8 Å². The fourth-order valence-electron chi connectivity index (χ4n) is 22.0. The highest BCUT2D eigenvalue weighted by Gasteiger charge is 2.46. The number of fused-ring (bicyclic) bond motifs is 16. The number of hydrogen-bond acceptors (Lipinski definition) is 4. The summed E-state index contributed by atoms with van der Waals surface area (Å²) in [5.74, 6) is 0. The molecule has 0 radical (unpaired) electrons. The molecule has 22 aromatic carbocycles. The Balaban J connectivity index is 0.000000112. The molecule has 3 aliphatic carbocycles. The molecule has 0 amide bonds. The van der Waals surface area contributed by atoms with Crippen LogP contribution in [0.2, 0.25) is 0 Å². The second-order valence-corrected chi connectivity index (χ2v) is 37.4. The molecule has 0 N–H and O–H groups in total. The molecule has 0 aliphatic heterocycles. The summed E-state index contributed by atoms with van der Waals surface area (Å²) in [5.41, 5.74) is 39.7. The van der Waals surface area contributed by atoms with Crippen LogP contribution in [0.25, 0.3) is 132 Å². The predicted octanol–water partition coefficient (Wildman–Crippen LogP) is 36.5. The average Bonchev–Trinajstić information content (AvgIpc) is 1.53. The normalized spacial score (nSPS) is 13.0.